The third-order valence-electron chi connectivity index (χ3n) is 1.68. The highest BCUT2D eigenvalue weighted by molar-refractivity contribution is 5.40. The average molecular weight is 196 g/mol. The predicted molar refractivity (Wildman–Crippen MR) is 55.6 cm³/mol. The minimum Gasteiger partial charge on any atom is -0.375 e. The normalized spacial score (nSPS) is 20.8. The third-order valence-corrected chi connectivity index (χ3v) is 1.68. The maximum Gasteiger partial charge on any atom is 0.129 e. The minimum absolute atomic E-state index is 0.186. The number of H-pyrrole nitrogens is 1. The molecular formula is C10H16N2O2. The van der Waals surface area contributed by atoms with Crippen molar-refractivity contribution in [2.45, 2.75) is 6.23 Å². The molecule has 0 saturated carbocycles. The van der Waals surface area contributed by atoms with E-state index >= 15 is 0 Å². The molecule has 4 heteroatoms. The van der Waals surface area contributed by atoms with E-state index in [2.05, 4.69) is 11.6 Å². The molecule has 1 aromatic rings. The summed E-state index contributed by atoms with van der Waals surface area (Å²) in [7, 11) is 0. The zero-order valence-corrected chi connectivity index (χ0v) is 8.11. The van der Waals surface area contributed by atoms with Gasteiger partial charge in [0.2, 0.25) is 0 Å². The molecule has 3 N–H and O–H groups in total. The number of hydrogen-bond donors (Lipinski definition) is 2. The first-order valence-corrected chi connectivity index (χ1v) is 4.53. The van der Waals surface area contributed by atoms with Gasteiger partial charge < -0.3 is 20.2 Å². The van der Waals surface area contributed by atoms with Gasteiger partial charge in [0.25, 0.3) is 0 Å². The van der Waals surface area contributed by atoms with Crippen LogP contribution in [0.15, 0.2) is 24.9 Å². The summed E-state index contributed by atoms with van der Waals surface area (Å²) in [5, 5.41) is 0. The van der Waals surface area contributed by atoms with Crippen molar-refractivity contribution in [3.8, 4) is 0 Å². The lowest BCUT2D eigenvalue weighted by molar-refractivity contribution is -0.0849. The molecule has 4 nitrogen and oxygen atoms in total. The maximum absolute atomic E-state index is 5.29. The number of nitrogens with one attached hydrogen (secondary N) is 1. The number of ether oxygens (including phenoxy) is 2. The summed E-state index contributed by atoms with van der Waals surface area (Å²) in [6.07, 6.45) is 3.46. The van der Waals surface area contributed by atoms with E-state index in [9.17, 15) is 0 Å². The van der Waals surface area contributed by atoms with Crippen molar-refractivity contribution in [3.05, 3.63) is 30.6 Å². The highest BCUT2D eigenvalue weighted by Gasteiger charge is 2.06. The van der Waals surface area contributed by atoms with Gasteiger partial charge in [-0.1, -0.05) is 6.58 Å². The second kappa shape index (κ2) is 6.37. The van der Waals surface area contributed by atoms with Gasteiger partial charge in [0.15, 0.2) is 0 Å². The summed E-state index contributed by atoms with van der Waals surface area (Å²) in [6, 6.07) is 3.91. The van der Waals surface area contributed by atoms with E-state index in [4.69, 9.17) is 15.2 Å². The van der Waals surface area contributed by atoms with Crippen molar-refractivity contribution < 1.29 is 9.47 Å². The Morgan fingerprint density at radius 2 is 2.43 bits per heavy atom. The number of nitrogens with two attached hydrogens (primary N) is 1. The first kappa shape index (κ1) is 11.0. The van der Waals surface area contributed by atoms with E-state index < -0.39 is 0 Å². The first-order valence-electron chi connectivity index (χ1n) is 4.53. The van der Waals surface area contributed by atoms with Crippen LogP contribution in [0.1, 0.15) is 5.69 Å². The smallest absolute Gasteiger partial charge is 0.129 e. The van der Waals surface area contributed by atoms with Crippen LogP contribution in [-0.4, -0.2) is 31.0 Å². The summed E-state index contributed by atoms with van der Waals surface area (Å²) < 4.78 is 9.86. The van der Waals surface area contributed by atoms with E-state index in [0.29, 0.717) is 19.8 Å². The number of rotatable bonds is 1. The van der Waals surface area contributed by atoms with Crippen molar-refractivity contribution in [1.82, 2.24) is 4.98 Å². The molecule has 0 radical (unpaired) electrons. The number of hydrogen-bond acceptors (Lipinski definition) is 3. The summed E-state index contributed by atoms with van der Waals surface area (Å²) in [6.45, 7) is 5.44. The molecule has 78 valence electrons. The predicted octanol–water partition coefficient (Wildman–Crippen LogP) is 0.976. The fourth-order valence-electron chi connectivity index (χ4n) is 0.977. The molecule has 1 unspecified atom stereocenters. The molecule has 0 aliphatic carbocycles. The summed E-state index contributed by atoms with van der Waals surface area (Å²) in [5.41, 5.74) is 6.36. The zero-order chi connectivity index (χ0) is 10.2. The molecule has 0 bridgehead atoms. The number of aromatic amines is 1. The molecule has 2 heterocycles. The minimum atomic E-state index is -0.186. The molecule has 1 aromatic heterocycles. The van der Waals surface area contributed by atoms with E-state index in [1.807, 2.05) is 18.3 Å². The Morgan fingerprint density at radius 1 is 1.57 bits per heavy atom. The Balaban J connectivity index is 0.000000140. The third kappa shape index (κ3) is 4.23. The lowest BCUT2D eigenvalue weighted by Gasteiger charge is -2.18. The van der Waals surface area contributed by atoms with Gasteiger partial charge in [-0.2, -0.15) is 0 Å². The molecule has 1 saturated heterocycles. The van der Waals surface area contributed by atoms with Crippen LogP contribution in [0.25, 0.3) is 6.08 Å². The average Bonchev–Trinajstić information content (AvgIpc) is 2.72. The van der Waals surface area contributed by atoms with E-state index in [-0.39, 0.29) is 6.23 Å². The van der Waals surface area contributed by atoms with Crippen LogP contribution < -0.4 is 5.73 Å². The molecule has 0 amide bonds. The van der Waals surface area contributed by atoms with Crippen LogP contribution in [0, 0.1) is 0 Å². The molecule has 0 spiro atoms. The topological polar surface area (TPSA) is 60.3 Å². The van der Waals surface area contributed by atoms with Gasteiger partial charge in [0, 0.05) is 11.9 Å². The van der Waals surface area contributed by atoms with Crippen molar-refractivity contribution >= 4 is 6.08 Å². The monoisotopic (exact) mass is 196 g/mol. The Hall–Kier alpha value is -1.10. The van der Waals surface area contributed by atoms with Crippen LogP contribution in [0.3, 0.4) is 0 Å². The fraction of sp³-hybridized carbons (Fsp3) is 0.400. The molecule has 1 fully saturated rings. The fourth-order valence-corrected chi connectivity index (χ4v) is 0.977. The molecule has 1 aliphatic rings. The van der Waals surface area contributed by atoms with Crippen molar-refractivity contribution in [3.63, 3.8) is 0 Å². The second-order valence-electron chi connectivity index (χ2n) is 2.81. The Morgan fingerprint density at radius 3 is 2.71 bits per heavy atom. The van der Waals surface area contributed by atoms with Crippen LogP contribution in [-0.2, 0) is 9.47 Å². The van der Waals surface area contributed by atoms with Gasteiger partial charge >= 0.3 is 0 Å². The van der Waals surface area contributed by atoms with Gasteiger partial charge in [0.1, 0.15) is 6.23 Å². The standard InChI is InChI=1S/C6H7N.C4H9NO2/c1-2-6-4-3-5-7-6;5-4-3-6-1-2-7-4/h2-5,7H,1H2;4H,1-3,5H2. The molecular weight excluding hydrogens is 180 g/mol. The zero-order valence-electron chi connectivity index (χ0n) is 8.11. The van der Waals surface area contributed by atoms with Gasteiger partial charge in [-0.3, -0.25) is 0 Å². The highest BCUT2D eigenvalue weighted by Crippen LogP contribution is 1.93. The van der Waals surface area contributed by atoms with E-state index in [1.165, 1.54) is 0 Å². The summed E-state index contributed by atoms with van der Waals surface area (Å²) >= 11 is 0. The van der Waals surface area contributed by atoms with Gasteiger partial charge in [-0.05, 0) is 18.2 Å². The summed E-state index contributed by atoms with van der Waals surface area (Å²) in [4.78, 5) is 2.97. The Kier molecular flexibility index (Phi) is 4.99. The number of aromatic nitrogens is 1. The molecule has 14 heavy (non-hydrogen) atoms. The van der Waals surface area contributed by atoms with Crippen LogP contribution in [0.5, 0.6) is 0 Å². The van der Waals surface area contributed by atoms with E-state index in [0.717, 1.165) is 5.69 Å². The quantitative estimate of drug-likeness (QED) is 0.703. The van der Waals surface area contributed by atoms with Gasteiger partial charge in [0.05, 0.1) is 19.8 Å². The van der Waals surface area contributed by atoms with E-state index in [1.54, 1.807) is 6.08 Å². The largest absolute Gasteiger partial charge is 0.375 e. The first-order chi connectivity index (χ1) is 6.83. The van der Waals surface area contributed by atoms with Crippen molar-refractivity contribution in [2.24, 2.45) is 5.73 Å². The lowest BCUT2D eigenvalue weighted by Crippen LogP contribution is -2.35. The van der Waals surface area contributed by atoms with Gasteiger partial charge in [-0.25, -0.2) is 0 Å². The van der Waals surface area contributed by atoms with Gasteiger partial charge in [-0.15, -0.1) is 0 Å². The van der Waals surface area contributed by atoms with Crippen LogP contribution in [0.2, 0.25) is 0 Å². The van der Waals surface area contributed by atoms with Crippen molar-refractivity contribution in [2.75, 3.05) is 19.8 Å². The molecule has 1 aliphatic heterocycles. The lowest BCUT2D eigenvalue weighted by atomic mass is 10.4. The SMILES string of the molecule is C=Cc1ccc[nH]1.NC1COCCO1. The van der Waals surface area contributed by atoms with Crippen LogP contribution >= 0.6 is 0 Å². The highest BCUT2D eigenvalue weighted by atomic mass is 16.6. The molecule has 1 atom stereocenters. The van der Waals surface area contributed by atoms with Crippen LogP contribution in [0.4, 0.5) is 0 Å². The maximum atomic E-state index is 5.29. The van der Waals surface area contributed by atoms with Crippen molar-refractivity contribution in [1.29, 1.82) is 0 Å². The Labute approximate surface area is 83.7 Å². The second-order valence-corrected chi connectivity index (χ2v) is 2.81. The molecule has 0 aromatic carbocycles. The Bertz CT molecular complexity index is 241. The summed E-state index contributed by atoms with van der Waals surface area (Å²) in [5.74, 6) is 0. The molecule has 2 rings (SSSR count).